The number of halogens is 1. The summed E-state index contributed by atoms with van der Waals surface area (Å²) in [6, 6.07) is 6.24. The van der Waals surface area contributed by atoms with Crippen molar-refractivity contribution in [2.24, 2.45) is 0 Å². The first kappa shape index (κ1) is 11.1. The van der Waals surface area contributed by atoms with E-state index in [0.717, 1.165) is 12.8 Å². The van der Waals surface area contributed by atoms with E-state index in [1.165, 1.54) is 18.2 Å². The van der Waals surface area contributed by atoms with Crippen molar-refractivity contribution in [1.82, 2.24) is 5.32 Å². The Balaban J connectivity index is 2.07. The lowest BCUT2D eigenvalue weighted by atomic mass is 9.99. The molecule has 2 rings (SSSR count). The molecule has 0 spiro atoms. The number of hydrogen-bond acceptors (Lipinski definition) is 2. The quantitative estimate of drug-likeness (QED) is 0.799. The van der Waals surface area contributed by atoms with Crippen molar-refractivity contribution in [2.45, 2.75) is 24.8 Å². The Morgan fingerprint density at radius 1 is 1.56 bits per heavy atom. The number of benzene rings is 1. The van der Waals surface area contributed by atoms with Crippen LogP contribution in [0.5, 0.6) is 0 Å². The summed E-state index contributed by atoms with van der Waals surface area (Å²) in [5, 5.41) is 12.2. The van der Waals surface area contributed by atoms with Crippen LogP contribution in [0, 0.1) is 5.82 Å². The first-order valence-corrected chi connectivity index (χ1v) is 5.38. The van der Waals surface area contributed by atoms with E-state index in [0.29, 0.717) is 18.2 Å². The average molecular weight is 223 g/mol. The minimum absolute atomic E-state index is 0.365. The molecule has 4 heteroatoms. The fourth-order valence-electron chi connectivity index (χ4n) is 1.64. The molecule has 0 amide bonds. The van der Waals surface area contributed by atoms with E-state index in [2.05, 4.69) is 5.32 Å². The Hall–Kier alpha value is -1.42. The van der Waals surface area contributed by atoms with Crippen LogP contribution in [0.2, 0.25) is 0 Å². The predicted octanol–water partition coefficient (Wildman–Crippen LogP) is 1.75. The third-order valence-corrected chi connectivity index (χ3v) is 2.74. The number of carboxylic acids is 1. The predicted molar refractivity (Wildman–Crippen MR) is 57.8 cm³/mol. The topological polar surface area (TPSA) is 49.3 Å². The third-order valence-electron chi connectivity index (χ3n) is 2.74. The van der Waals surface area contributed by atoms with Crippen LogP contribution in [-0.2, 0) is 4.79 Å². The maximum Gasteiger partial charge on any atom is 0.312 e. The average Bonchev–Trinajstić information content (AvgIpc) is 3.01. The second-order valence-electron chi connectivity index (χ2n) is 4.13. The van der Waals surface area contributed by atoms with Gasteiger partial charge < -0.3 is 10.4 Å². The van der Waals surface area contributed by atoms with Crippen LogP contribution in [0.15, 0.2) is 24.3 Å². The van der Waals surface area contributed by atoms with Crippen molar-refractivity contribution in [1.29, 1.82) is 0 Å². The molecule has 1 unspecified atom stereocenters. The van der Waals surface area contributed by atoms with Crippen LogP contribution in [0.3, 0.4) is 0 Å². The molecule has 0 radical (unpaired) electrons. The molecule has 1 aromatic rings. The molecular weight excluding hydrogens is 209 g/mol. The van der Waals surface area contributed by atoms with Gasteiger partial charge in [0.1, 0.15) is 5.82 Å². The molecule has 1 aliphatic rings. The van der Waals surface area contributed by atoms with Gasteiger partial charge in [-0.05, 0) is 30.5 Å². The van der Waals surface area contributed by atoms with Crippen molar-refractivity contribution < 1.29 is 14.3 Å². The molecule has 1 fully saturated rings. The minimum Gasteiger partial charge on any atom is -0.481 e. The van der Waals surface area contributed by atoms with Gasteiger partial charge in [0, 0.05) is 12.6 Å². The highest BCUT2D eigenvalue weighted by Gasteiger charge is 2.25. The minimum atomic E-state index is -0.918. The first-order chi connectivity index (χ1) is 7.66. The molecule has 0 saturated heterocycles. The van der Waals surface area contributed by atoms with Crippen molar-refractivity contribution in [2.75, 3.05) is 6.54 Å². The van der Waals surface area contributed by atoms with Gasteiger partial charge in [-0.25, -0.2) is 4.39 Å². The molecule has 3 nitrogen and oxygen atoms in total. The fraction of sp³-hybridized carbons (Fsp3) is 0.417. The zero-order chi connectivity index (χ0) is 11.5. The van der Waals surface area contributed by atoms with E-state index in [1.807, 2.05) is 0 Å². The summed E-state index contributed by atoms with van der Waals surface area (Å²) in [5.74, 6) is -1.98. The summed E-state index contributed by atoms with van der Waals surface area (Å²) in [4.78, 5) is 11.1. The van der Waals surface area contributed by atoms with E-state index in [9.17, 15) is 9.18 Å². The highest BCUT2D eigenvalue weighted by atomic mass is 19.1. The molecule has 0 aliphatic heterocycles. The highest BCUT2D eigenvalue weighted by Crippen LogP contribution is 2.22. The van der Waals surface area contributed by atoms with Crippen LogP contribution in [0.4, 0.5) is 4.39 Å². The summed E-state index contributed by atoms with van der Waals surface area (Å²) in [6.07, 6.45) is 2.21. The van der Waals surface area contributed by atoms with Crippen molar-refractivity contribution >= 4 is 5.97 Å². The van der Waals surface area contributed by atoms with Gasteiger partial charge in [0.25, 0.3) is 0 Å². The molecule has 1 saturated carbocycles. The standard InChI is InChI=1S/C12H14FNO2/c13-9-3-1-2-8(6-9)11(12(15)16)7-14-10-4-5-10/h1-3,6,10-11,14H,4-5,7H2,(H,15,16). The summed E-state index contributed by atoms with van der Waals surface area (Å²) < 4.78 is 13.0. The zero-order valence-corrected chi connectivity index (χ0v) is 8.82. The molecule has 1 atom stereocenters. The SMILES string of the molecule is O=C(O)C(CNC1CC1)c1cccc(F)c1. The van der Waals surface area contributed by atoms with Gasteiger partial charge in [-0.1, -0.05) is 12.1 Å². The van der Waals surface area contributed by atoms with Crippen LogP contribution >= 0.6 is 0 Å². The van der Waals surface area contributed by atoms with E-state index in [1.54, 1.807) is 6.07 Å². The van der Waals surface area contributed by atoms with E-state index < -0.39 is 17.7 Å². The maximum atomic E-state index is 13.0. The van der Waals surface area contributed by atoms with Crippen LogP contribution in [0.25, 0.3) is 0 Å². The highest BCUT2D eigenvalue weighted by molar-refractivity contribution is 5.76. The molecule has 1 aromatic carbocycles. The molecule has 2 N–H and O–H groups in total. The van der Waals surface area contributed by atoms with Crippen LogP contribution in [0.1, 0.15) is 24.3 Å². The second-order valence-corrected chi connectivity index (χ2v) is 4.13. The zero-order valence-electron chi connectivity index (χ0n) is 8.82. The van der Waals surface area contributed by atoms with Crippen LogP contribution in [-0.4, -0.2) is 23.7 Å². The smallest absolute Gasteiger partial charge is 0.312 e. The number of hydrogen-bond donors (Lipinski definition) is 2. The molecule has 16 heavy (non-hydrogen) atoms. The number of nitrogens with one attached hydrogen (secondary N) is 1. The second kappa shape index (κ2) is 4.61. The fourth-order valence-corrected chi connectivity index (χ4v) is 1.64. The van der Waals surface area contributed by atoms with Gasteiger partial charge in [-0.3, -0.25) is 4.79 Å². The maximum absolute atomic E-state index is 13.0. The normalized spacial score (nSPS) is 17.1. The Kier molecular flexibility index (Phi) is 3.19. The lowest BCUT2D eigenvalue weighted by Gasteiger charge is -2.13. The third kappa shape index (κ3) is 2.79. The van der Waals surface area contributed by atoms with E-state index in [-0.39, 0.29) is 0 Å². The van der Waals surface area contributed by atoms with Crippen LogP contribution < -0.4 is 5.32 Å². The van der Waals surface area contributed by atoms with Gasteiger partial charge in [-0.15, -0.1) is 0 Å². The Morgan fingerprint density at radius 2 is 2.31 bits per heavy atom. The number of carbonyl (C=O) groups is 1. The van der Waals surface area contributed by atoms with Crippen molar-refractivity contribution in [3.63, 3.8) is 0 Å². The number of rotatable bonds is 5. The molecule has 1 aliphatic carbocycles. The summed E-state index contributed by atoms with van der Waals surface area (Å²) in [6.45, 7) is 0.365. The lowest BCUT2D eigenvalue weighted by molar-refractivity contribution is -0.138. The molecule has 0 heterocycles. The lowest BCUT2D eigenvalue weighted by Crippen LogP contribution is -2.28. The van der Waals surface area contributed by atoms with Gasteiger partial charge in [0.05, 0.1) is 5.92 Å². The van der Waals surface area contributed by atoms with Crippen molar-refractivity contribution in [3.05, 3.63) is 35.6 Å². The largest absolute Gasteiger partial charge is 0.481 e. The molecular formula is C12H14FNO2. The first-order valence-electron chi connectivity index (χ1n) is 5.38. The monoisotopic (exact) mass is 223 g/mol. The Morgan fingerprint density at radius 3 is 2.88 bits per heavy atom. The molecule has 0 aromatic heterocycles. The van der Waals surface area contributed by atoms with Gasteiger partial charge in [0.15, 0.2) is 0 Å². The van der Waals surface area contributed by atoms with Crippen molar-refractivity contribution in [3.8, 4) is 0 Å². The van der Waals surface area contributed by atoms with Gasteiger partial charge in [-0.2, -0.15) is 0 Å². The number of carboxylic acid groups (broad SMARTS) is 1. The van der Waals surface area contributed by atoms with Gasteiger partial charge in [0.2, 0.25) is 0 Å². The molecule has 86 valence electrons. The number of aliphatic carboxylic acids is 1. The Bertz CT molecular complexity index is 390. The summed E-state index contributed by atoms with van der Waals surface area (Å²) in [5.41, 5.74) is 0.514. The summed E-state index contributed by atoms with van der Waals surface area (Å²) in [7, 11) is 0. The summed E-state index contributed by atoms with van der Waals surface area (Å²) >= 11 is 0. The van der Waals surface area contributed by atoms with E-state index >= 15 is 0 Å². The Labute approximate surface area is 93.3 Å². The van der Waals surface area contributed by atoms with Gasteiger partial charge >= 0.3 is 5.97 Å². The van der Waals surface area contributed by atoms with E-state index in [4.69, 9.17) is 5.11 Å². The molecule has 0 bridgehead atoms.